The predicted octanol–water partition coefficient (Wildman–Crippen LogP) is 2.36. The Kier molecular flexibility index (Phi) is 3.82. The van der Waals surface area contributed by atoms with E-state index in [-0.39, 0.29) is 6.04 Å². The summed E-state index contributed by atoms with van der Waals surface area (Å²) in [5.74, 6) is 1.26. The van der Waals surface area contributed by atoms with Crippen LogP contribution in [-0.4, -0.2) is 30.5 Å². The van der Waals surface area contributed by atoms with E-state index >= 15 is 0 Å². The van der Waals surface area contributed by atoms with Crippen LogP contribution < -0.4 is 0 Å². The zero-order valence-electron chi connectivity index (χ0n) is 11.9. The SMILES string of the molecule is CS(=O)(=O)N1CCC[C@@H]1c1ncc(Cc2ccccc2)o1. The molecule has 5 nitrogen and oxygen atoms in total. The van der Waals surface area contributed by atoms with E-state index in [0.29, 0.717) is 18.9 Å². The molecule has 21 heavy (non-hydrogen) atoms. The molecule has 0 N–H and O–H groups in total. The zero-order valence-corrected chi connectivity index (χ0v) is 12.7. The van der Waals surface area contributed by atoms with Crippen LogP contribution in [0.5, 0.6) is 0 Å². The van der Waals surface area contributed by atoms with Crippen molar-refractivity contribution in [3.05, 3.63) is 53.7 Å². The molecule has 1 saturated heterocycles. The summed E-state index contributed by atoms with van der Waals surface area (Å²) in [4.78, 5) is 4.29. The molecule has 1 aliphatic heterocycles. The number of aromatic nitrogens is 1. The van der Waals surface area contributed by atoms with Gasteiger partial charge in [0, 0.05) is 13.0 Å². The molecule has 0 bridgehead atoms. The summed E-state index contributed by atoms with van der Waals surface area (Å²) >= 11 is 0. The highest BCUT2D eigenvalue weighted by molar-refractivity contribution is 7.88. The molecule has 1 aromatic heterocycles. The van der Waals surface area contributed by atoms with Gasteiger partial charge in [-0.1, -0.05) is 30.3 Å². The quantitative estimate of drug-likeness (QED) is 0.870. The molecule has 2 aromatic rings. The van der Waals surface area contributed by atoms with Gasteiger partial charge >= 0.3 is 0 Å². The minimum absolute atomic E-state index is 0.260. The molecule has 2 heterocycles. The molecule has 1 aliphatic rings. The third-order valence-corrected chi connectivity index (χ3v) is 5.00. The molecule has 0 spiro atoms. The van der Waals surface area contributed by atoms with Gasteiger partial charge in [-0.2, -0.15) is 4.31 Å². The molecule has 3 rings (SSSR count). The number of benzene rings is 1. The van der Waals surface area contributed by atoms with Crippen LogP contribution in [0.4, 0.5) is 0 Å². The average molecular weight is 306 g/mol. The van der Waals surface area contributed by atoms with Gasteiger partial charge in [0.15, 0.2) is 0 Å². The van der Waals surface area contributed by atoms with Gasteiger partial charge in [0.2, 0.25) is 15.9 Å². The molecule has 6 heteroatoms. The van der Waals surface area contributed by atoms with Gasteiger partial charge in [0.05, 0.1) is 12.5 Å². The summed E-state index contributed by atoms with van der Waals surface area (Å²) in [5, 5.41) is 0. The van der Waals surface area contributed by atoms with Gasteiger partial charge in [-0.15, -0.1) is 0 Å². The molecule has 0 aliphatic carbocycles. The summed E-state index contributed by atoms with van der Waals surface area (Å²) < 4.78 is 30.8. The van der Waals surface area contributed by atoms with Gasteiger partial charge in [-0.3, -0.25) is 0 Å². The molecule has 0 saturated carbocycles. The number of oxazole rings is 1. The Morgan fingerprint density at radius 2 is 2.10 bits per heavy atom. The topological polar surface area (TPSA) is 63.4 Å². The summed E-state index contributed by atoms with van der Waals surface area (Å²) in [6.45, 7) is 0.542. The fourth-order valence-electron chi connectivity index (χ4n) is 2.74. The fourth-order valence-corrected chi connectivity index (χ4v) is 3.86. The highest BCUT2D eigenvalue weighted by Gasteiger charge is 2.35. The number of rotatable bonds is 4. The van der Waals surface area contributed by atoms with Crippen LogP contribution in [0.15, 0.2) is 40.9 Å². The predicted molar refractivity (Wildman–Crippen MR) is 79.3 cm³/mol. The van der Waals surface area contributed by atoms with Crippen molar-refractivity contribution in [3.63, 3.8) is 0 Å². The van der Waals surface area contributed by atoms with E-state index < -0.39 is 10.0 Å². The zero-order chi connectivity index (χ0) is 14.9. The monoisotopic (exact) mass is 306 g/mol. The Morgan fingerprint density at radius 3 is 2.81 bits per heavy atom. The second kappa shape index (κ2) is 5.61. The van der Waals surface area contributed by atoms with Crippen molar-refractivity contribution in [2.24, 2.45) is 0 Å². The minimum Gasteiger partial charge on any atom is -0.444 e. The number of sulfonamides is 1. The van der Waals surface area contributed by atoms with Crippen LogP contribution in [0.2, 0.25) is 0 Å². The van der Waals surface area contributed by atoms with Crippen molar-refractivity contribution in [1.29, 1.82) is 0 Å². The lowest BCUT2D eigenvalue weighted by Crippen LogP contribution is -2.29. The first-order valence-electron chi connectivity index (χ1n) is 6.99. The van der Waals surface area contributed by atoms with E-state index in [0.717, 1.165) is 24.2 Å². The standard InChI is InChI=1S/C15H18N2O3S/c1-21(18,19)17-9-5-8-14(17)15-16-11-13(20-15)10-12-6-3-2-4-7-12/h2-4,6-7,11,14H,5,8-10H2,1H3/t14-/m1/s1. The number of hydrogen-bond acceptors (Lipinski definition) is 4. The first-order valence-corrected chi connectivity index (χ1v) is 8.84. The fraction of sp³-hybridized carbons (Fsp3) is 0.400. The van der Waals surface area contributed by atoms with Crippen LogP contribution in [0.1, 0.15) is 36.1 Å². The van der Waals surface area contributed by atoms with E-state index in [1.165, 1.54) is 10.6 Å². The summed E-state index contributed by atoms with van der Waals surface area (Å²) in [6.07, 6.45) is 5.20. The Morgan fingerprint density at radius 1 is 1.33 bits per heavy atom. The van der Waals surface area contributed by atoms with Crippen molar-refractivity contribution >= 4 is 10.0 Å². The molecule has 0 unspecified atom stereocenters. The van der Waals surface area contributed by atoms with Crippen LogP contribution in [0.3, 0.4) is 0 Å². The van der Waals surface area contributed by atoms with Crippen molar-refractivity contribution in [2.45, 2.75) is 25.3 Å². The second-order valence-electron chi connectivity index (χ2n) is 5.36. The molecule has 0 amide bonds. The third-order valence-electron chi connectivity index (χ3n) is 3.71. The van der Waals surface area contributed by atoms with Crippen LogP contribution >= 0.6 is 0 Å². The molecule has 1 fully saturated rings. The first kappa shape index (κ1) is 14.3. The molecular weight excluding hydrogens is 288 g/mol. The van der Waals surface area contributed by atoms with E-state index in [2.05, 4.69) is 4.98 Å². The minimum atomic E-state index is -3.22. The Bertz CT molecular complexity index is 710. The highest BCUT2D eigenvalue weighted by atomic mass is 32.2. The maximum atomic E-state index is 11.8. The lowest BCUT2D eigenvalue weighted by Gasteiger charge is -2.19. The van der Waals surface area contributed by atoms with Crippen LogP contribution in [0, 0.1) is 0 Å². The smallest absolute Gasteiger partial charge is 0.212 e. The molecule has 112 valence electrons. The van der Waals surface area contributed by atoms with Gasteiger partial charge < -0.3 is 4.42 Å². The summed E-state index contributed by atoms with van der Waals surface area (Å²) in [5.41, 5.74) is 1.14. The van der Waals surface area contributed by atoms with Crippen molar-refractivity contribution in [2.75, 3.05) is 12.8 Å². The summed E-state index contributed by atoms with van der Waals surface area (Å²) in [7, 11) is -3.22. The van der Waals surface area contributed by atoms with E-state index in [4.69, 9.17) is 4.42 Å². The van der Waals surface area contributed by atoms with E-state index in [1.54, 1.807) is 6.20 Å². The number of nitrogens with zero attached hydrogens (tertiary/aromatic N) is 2. The summed E-state index contributed by atoms with van der Waals surface area (Å²) in [6, 6.07) is 9.73. The first-order chi connectivity index (χ1) is 10.0. The van der Waals surface area contributed by atoms with Crippen LogP contribution in [0.25, 0.3) is 0 Å². The lowest BCUT2D eigenvalue weighted by molar-refractivity contribution is 0.323. The molecule has 0 radical (unpaired) electrons. The Hall–Kier alpha value is -1.66. The third kappa shape index (κ3) is 3.16. The van der Waals surface area contributed by atoms with E-state index in [1.807, 2.05) is 30.3 Å². The van der Waals surface area contributed by atoms with Crippen LogP contribution in [-0.2, 0) is 16.4 Å². The van der Waals surface area contributed by atoms with Gasteiger partial charge in [-0.05, 0) is 18.4 Å². The Labute approximate surface area is 124 Å². The average Bonchev–Trinajstić information content (AvgIpc) is 3.07. The molecule has 1 aromatic carbocycles. The maximum Gasteiger partial charge on any atom is 0.212 e. The van der Waals surface area contributed by atoms with Gasteiger partial charge in [0.1, 0.15) is 11.8 Å². The molecule has 1 atom stereocenters. The molecular formula is C15H18N2O3S. The van der Waals surface area contributed by atoms with Crippen molar-refractivity contribution in [1.82, 2.24) is 9.29 Å². The Balaban J connectivity index is 1.79. The lowest BCUT2D eigenvalue weighted by atomic mass is 10.1. The number of hydrogen-bond donors (Lipinski definition) is 0. The van der Waals surface area contributed by atoms with E-state index in [9.17, 15) is 8.42 Å². The van der Waals surface area contributed by atoms with Gasteiger partial charge in [-0.25, -0.2) is 13.4 Å². The van der Waals surface area contributed by atoms with Crippen molar-refractivity contribution < 1.29 is 12.8 Å². The highest BCUT2D eigenvalue weighted by Crippen LogP contribution is 2.33. The maximum absolute atomic E-state index is 11.8. The van der Waals surface area contributed by atoms with Gasteiger partial charge in [0.25, 0.3) is 0 Å². The largest absolute Gasteiger partial charge is 0.444 e. The van der Waals surface area contributed by atoms with Crippen molar-refractivity contribution in [3.8, 4) is 0 Å². The second-order valence-corrected chi connectivity index (χ2v) is 7.29. The normalized spacial score (nSPS) is 20.0.